The maximum absolute atomic E-state index is 14.0. The van der Waals surface area contributed by atoms with Crippen LogP contribution in [-0.4, -0.2) is 33.9 Å². The van der Waals surface area contributed by atoms with Gasteiger partial charge in [0.25, 0.3) is 5.95 Å². The summed E-state index contributed by atoms with van der Waals surface area (Å²) in [4.78, 5) is 0. The third-order valence-electron chi connectivity index (χ3n) is 8.17. The van der Waals surface area contributed by atoms with Gasteiger partial charge in [-0.05, 0) is 53.0 Å². The Labute approximate surface area is 288 Å². The summed E-state index contributed by atoms with van der Waals surface area (Å²) in [6.45, 7) is 22.4. The maximum Gasteiger partial charge on any atom is 0.649 e. The summed E-state index contributed by atoms with van der Waals surface area (Å²) in [5, 5.41) is 0. The van der Waals surface area contributed by atoms with Gasteiger partial charge in [0.05, 0.1) is 12.7 Å². The number of hydrogen-bond acceptors (Lipinski definition) is 8. The van der Waals surface area contributed by atoms with E-state index in [1.165, 1.54) is 0 Å². The van der Waals surface area contributed by atoms with Crippen LogP contribution in [0.4, 0.5) is 0 Å². The Kier molecular flexibility index (Phi) is 16.0. The van der Waals surface area contributed by atoms with Crippen LogP contribution in [0, 0.1) is 0 Å². The van der Waals surface area contributed by atoms with E-state index >= 15 is 0 Å². The fraction of sp³-hybridized carbons (Fsp3) is 0.421. The fourth-order valence-electron chi connectivity index (χ4n) is 6.06. The van der Waals surface area contributed by atoms with E-state index in [2.05, 4.69) is 54.7 Å². The summed E-state index contributed by atoms with van der Waals surface area (Å²) in [7, 11) is -6.41. The zero-order valence-corrected chi connectivity index (χ0v) is 31.2. The van der Waals surface area contributed by atoms with Gasteiger partial charge in [0.15, 0.2) is 8.32 Å². The van der Waals surface area contributed by atoms with Crippen molar-refractivity contribution in [1.29, 1.82) is 0 Å². The van der Waals surface area contributed by atoms with Crippen molar-refractivity contribution >= 4 is 16.1 Å². The molecule has 0 saturated heterocycles. The number of ether oxygens (including phenoxy) is 3. The highest BCUT2D eigenvalue weighted by molar-refractivity contribution is 7.49. The molecule has 0 spiro atoms. The van der Waals surface area contributed by atoms with Crippen molar-refractivity contribution in [2.45, 2.75) is 89.8 Å². The second-order valence-corrected chi connectivity index (χ2v) is 19.4. The number of phosphoric acid groups is 1. The molecule has 0 unspecified atom stereocenters. The molecular weight excluding hydrogens is 643 g/mol. The standard InChI is InChI=1S/C38H53O8PSi/c1-9-35(41-29-40-28-34-19-13-10-14-20-34)27-38(25-26-42-48(30(2)3,31(4)5)32(6)7)43-33(8)44-47(39,45-36-21-15-11-16-22-36)46-37-23-17-12-18-24-37/h9-24,30-32,35,38H,1,8,25-29H2,2-7H3/t35-,38-/m0/s1. The van der Waals surface area contributed by atoms with E-state index in [1.54, 1.807) is 54.6 Å². The van der Waals surface area contributed by atoms with E-state index in [0.717, 1.165) is 5.56 Å². The number of benzene rings is 3. The molecule has 0 aliphatic rings. The van der Waals surface area contributed by atoms with Crippen LogP contribution in [0.25, 0.3) is 0 Å². The number of phosphoric ester groups is 1. The SMILES string of the molecule is C=C[C@@H](C[C@H](CCO[Si](C(C)C)(C(C)C)C(C)C)OC(=C)OP(=O)(Oc1ccccc1)Oc1ccccc1)OCOCc1ccccc1. The highest BCUT2D eigenvalue weighted by Gasteiger charge is 2.45. The first-order valence-electron chi connectivity index (χ1n) is 16.6. The minimum atomic E-state index is -4.28. The molecule has 2 atom stereocenters. The second-order valence-electron chi connectivity index (χ2n) is 12.5. The molecule has 0 radical (unpaired) electrons. The van der Waals surface area contributed by atoms with Gasteiger partial charge in [-0.25, -0.2) is 0 Å². The van der Waals surface area contributed by atoms with E-state index in [0.29, 0.717) is 54.2 Å². The van der Waals surface area contributed by atoms with Crippen molar-refractivity contribution in [1.82, 2.24) is 0 Å². The average molecular weight is 697 g/mol. The first kappa shape index (κ1) is 39.1. The van der Waals surface area contributed by atoms with Crippen molar-refractivity contribution in [2.24, 2.45) is 0 Å². The molecule has 0 amide bonds. The molecule has 10 heteroatoms. The van der Waals surface area contributed by atoms with Gasteiger partial charge in [-0.3, -0.25) is 0 Å². The molecule has 0 aliphatic carbocycles. The van der Waals surface area contributed by atoms with E-state index in [-0.39, 0.29) is 12.7 Å². The molecule has 0 aromatic heterocycles. The largest absolute Gasteiger partial charge is 0.649 e. The highest BCUT2D eigenvalue weighted by atomic mass is 31.2. The van der Waals surface area contributed by atoms with Gasteiger partial charge in [0.2, 0.25) is 0 Å². The van der Waals surface area contributed by atoms with Gasteiger partial charge < -0.3 is 32.2 Å². The quantitative estimate of drug-likeness (QED) is 0.0242. The van der Waals surface area contributed by atoms with Crippen LogP contribution in [0.1, 0.15) is 59.9 Å². The maximum atomic E-state index is 14.0. The Morgan fingerprint density at radius 3 is 1.77 bits per heavy atom. The number of rotatable bonds is 23. The van der Waals surface area contributed by atoms with E-state index in [9.17, 15) is 4.57 Å². The Hall–Kier alpha value is -3.33. The summed E-state index contributed by atoms with van der Waals surface area (Å²) in [5.41, 5.74) is 2.34. The van der Waals surface area contributed by atoms with Crippen LogP contribution in [0.15, 0.2) is 116 Å². The molecule has 0 aliphatic heterocycles. The van der Waals surface area contributed by atoms with Crippen LogP contribution in [0.3, 0.4) is 0 Å². The smallest absolute Gasteiger partial charge is 0.462 e. The van der Waals surface area contributed by atoms with Crippen LogP contribution < -0.4 is 9.05 Å². The zero-order valence-electron chi connectivity index (χ0n) is 29.3. The molecule has 3 aromatic carbocycles. The van der Waals surface area contributed by atoms with Crippen molar-refractivity contribution in [3.63, 3.8) is 0 Å². The Balaban J connectivity index is 1.75. The lowest BCUT2D eigenvalue weighted by Gasteiger charge is -2.42. The molecule has 0 heterocycles. The molecule has 3 aromatic rings. The number of para-hydroxylation sites is 2. The van der Waals surface area contributed by atoms with Crippen molar-refractivity contribution in [2.75, 3.05) is 13.4 Å². The summed E-state index contributed by atoms with van der Waals surface area (Å²) < 4.78 is 56.2. The molecule has 48 heavy (non-hydrogen) atoms. The van der Waals surface area contributed by atoms with Crippen LogP contribution in [0.2, 0.25) is 16.6 Å². The topological polar surface area (TPSA) is 81.7 Å². The second kappa shape index (κ2) is 19.6. The van der Waals surface area contributed by atoms with Crippen molar-refractivity contribution in [3.8, 4) is 11.5 Å². The highest BCUT2D eigenvalue weighted by Crippen LogP contribution is 2.51. The van der Waals surface area contributed by atoms with Crippen LogP contribution >= 0.6 is 7.82 Å². The minimum Gasteiger partial charge on any atom is -0.462 e. The normalized spacial score (nSPS) is 13.3. The predicted octanol–water partition coefficient (Wildman–Crippen LogP) is 10.8. The Morgan fingerprint density at radius 2 is 1.29 bits per heavy atom. The molecule has 0 saturated carbocycles. The predicted molar refractivity (Wildman–Crippen MR) is 194 cm³/mol. The summed E-state index contributed by atoms with van der Waals surface area (Å²) in [6, 6.07) is 27.2. The first-order chi connectivity index (χ1) is 23.0. The van der Waals surface area contributed by atoms with E-state index < -0.39 is 28.3 Å². The summed E-state index contributed by atoms with van der Waals surface area (Å²) in [5.74, 6) is 0.406. The number of hydrogen-bond donors (Lipinski definition) is 0. The van der Waals surface area contributed by atoms with Crippen molar-refractivity contribution < 1.29 is 36.8 Å². The molecule has 3 rings (SSSR count). The van der Waals surface area contributed by atoms with Gasteiger partial charge >= 0.3 is 7.82 Å². The third kappa shape index (κ3) is 12.3. The lowest BCUT2D eigenvalue weighted by Crippen LogP contribution is -2.48. The lowest BCUT2D eigenvalue weighted by atomic mass is 10.1. The molecule has 0 N–H and O–H groups in total. The molecular formula is C38H53O8PSi. The van der Waals surface area contributed by atoms with Crippen LogP contribution in [0.5, 0.6) is 11.5 Å². The van der Waals surface area contributed by atoms with Gasteiger partial charge in [-0.1, -0.05) is 114 Å². The van der Waals surface area contributed by atoms with Gasteiger partial charge in [-0.15, -0.1) is 6.58 Å². The molecule has 0 bridgehead atoms. The third-order valence-corrected chi connectivity index (χ3v) is 15.6. The molecule has 0 fully saturated rings. The van der Waals surface area contributed by atoms with E-state index in [1.807, 2.05) is 42.5 Å². The van der Waals surface area contributed by atoms with Crippen molar-refractivity contribution in [3.05, 3.63) is 122 Å². The zero-order chi connectivity index (χ0) is 35.0. The minimum absolute atomic E-state index is 0.0708. The fourth-order valence-corrected chi connectivity index (χ4v) is 12.7. The molecule has 262 valence electrons. The molecule has 8 nitrogen and oxygen atoms in total. The summed E-state index contributed by atoms with van der Waals surface area (Å²) >= 11 is 0. The summed E-state index contributed by atoms with van der Waals surface area (Å²) in [6.07, 6.45) is 1.71. The average Bonchev–Trinajstić information content (AvgIpc) is 3.05. The van der Waals surface area contributed by atoms with Gasteiger partial charge in [0.1, 0.15) is 24.4 Å². The Bertz CT molecular complexity index is 1330. The first-order valence-corrected chi connectivity index (χ1v) is 20.2. The van der Waals surface area contributed by atoms with Gasteiger partial charge in [0, 0.05) is 19.4 Å². The van der Waals surface area contributed by atoms with E-state index in [4.69, 9.17) is 32.2 Å². The van der Waals surface area contributed by atoms with Gasteiger partial charge in [-0.2, -0.15) is 4.57 Å². The monoisotopic (exact) mass is 696 g/mol. The van der Waals surface area contributed by atoms with Crippen LogP contribution in [-0.2, 0) is 34.3 Å². The Morgan fingerprint density at radius 1 is 0.792 bits per heavy atom. The lowest BCUT2D eigenvalue weighted by molar-refractivity contribution is -0.0965.